The second kappa shape index (κ2) is 4.67. The number of hydrogen-bond acceptors (Lipinski definition) is 4. The lowest BCUT2D eigenvalue weighted by atomic mass is 10.2. The predicted molar refractivity (Wildman–Crippen MR) is 59.0 cm³/mol. The van der Waals surface area contributed by atoms with E-state index in [2.05, 4.69) is 5.32 Å². The molecule has 1 amide bonds. The summed E-state index contributed by atoms with van der Waals surface area (Å²) in [5, 5.41) is 21.8. The van der Waals surface area contributed by atoms with Gasteiger partial charge in [0.05, 0.1) is 10.6 Å². The molecule has 0 aliphatic carbocycles. The minimum absolute atomic E-state index is 0.129. The minimum Gasteiger partial charge on any atom is -0.464 e. The number of anilines is 2. The van der Waals surface area contributed by atoms with E-state index in [0.29, 0.717) is 4.42 Å². The summed E-state index contributed by atoms with van der Waals surface area (Å²) in [7, 11) is 1.49. The molecular weight excluding hydrogens is 238 g/mol. The zero-order valence-corrected chi connectivity index (χ0v) is 8.93. The molecule has 0 fully saturated rings. The fraction of sp³-hybridized carbons (Fsp3) is 0.125. The molecule has 16 heavy (non-hydrogen) atoms. The third kappa shape index (κ3) is 2.31. The predicted octanol–water partition coefficient (Wildman–Crippen LogP) is 2.27. The maximum absolute atomic E-state index is 10.6. The van der Waals surface area contributed by atoms with Crippen molar-refractivity contribution in [1.82, 2.24) is 0 Å². The highest BCUT2D eigenvalue weighted by Crippen LogP contribution is 2.29. The average molecular weight is 246 g/mol. The molecule has 7 nitrogen and oxygen atoms in total. The van der Waals surface area contributed by atoms with Crippen LogP contribution in [-0.4, -0.2) is 23.2 Å². The Morgan fingerprint density at radius 3 is 2.69 bits per heavy atom. The molecule has 0 aliphatic heterocycles. The van der Waals surface area contributed by atoms with Crippen LogP contribution in [0.25, 0.3) is 0 Å². The lowest BCUT2D eigenvalue weighted by Gasteiger charge is -2.11. The third-order valence-corrected chi connectivity index (χ3v) is 2.18. The van der Waals surface area contributed by atoms with E-state index in [9.17, 15) is 14.9 Å². The smallest absolute Gasteiger partial charge is 0.426 e. The molecule has 86 valence electrons. The van der Waals surface area contributed by atoms with Crippen molar-refractivity contribution in [2.75, 3.05) is 16.8 Å². The first-order valence-electron chi connectivity index (χ1n) is 4.12. The first kappa shape index (κ1) is 12.1. The molecule has 1 rings (SSSR count). The normalized spacial score (nSPS) is 9.62. The molecule has 2 N–H and O–H groups in total. The van der Waals surface area contributed by atoms with Crippen LogP contribution in [0.4, 0.5) is 21.9 Å². The Labute approximate surface area is 95.5 Å². The Morgan fingerprint density at radius 1 is 1.62 bits per heavy atom. The van der Waals surface area contributed by atoms with Crippen LogP contribution in [-0.2, 0) is 0 Å². The zero-order valence-electron chi connectivity index (χ0n) is 8.18. The van der Waals surface area contributed by atoms with Gasteiger partial charge in [0.15, 0.2) is 0 Å². The van der Waals surface area contributed by atoms with Crippen LogP contribution >= 0.6 is 11.8 Å². The molecule has 0 aromatic heterocycles. The minimum atomic E-state index is -1.36. The van der Waals surface area contributed by atoms with E-state index in [1.165, 1.54) is 25.2 Å². The summed E-state index contributed by atoms with van der Waals surface area (Å²) in [5.41, 5.74) is 0.167. The van der Waals surface area contributed by atoms with Crippen LogP contribution in [0.5, 0.6) is 0 Å². The van der Waals surface area contributed by atoms with Crippen LogP contribution in [0, 0.1) is 10.1 Å². The summed E-state index contributed by atoms with van der Waals surface area (Å²) in [6.07, 6.45) is -1.36. The number of benzene rings is 1. The van der Waals surface area contributed by atoms with E-state index in [1.54, 1.807) is 0 Å². The van der Waals surface area contributed by atoms with Crippen molar-refractivity contribution in [3.63, 3.8) is 0 Å². The van der Waals surface area contributed by atoms with Crippen molar-refractivity contribution >= 4 is 34.9 Å². The summed E-state index contributed by atoms with van der Waals surface area (Å²) in [6.45, 7) is 0. The van der Waals surface area contributed by atoms with Gasteiger partial charge in [-0.1, -0.05) is 0 Å². The number of carboxylic acid groups (broad SMARTS) is 1. The molecule has 0 spiro atoms. The highest BCUT2D eigenvalue weighted by molar-refractivity contribution is 6.35. The zero-order chi connectivity index (χ0) is 12.3. The van der Waals surface area contributed by atoms with E-state index in [4.69, 9.17) is 16.9 Å². The molecule has 0 unspecified atom stereocenters. The molecule has 1 aromatic carbocycles. The molecule has 0 radical (unpaired) electrons. The van der Waals surface area contributed by atoms with Gasteiger partial charge in [-0.3, -0.25) is 10.1 Å². The Morgan fingerprint density at radius 2 is 2.25 bits per heavy atom. The fourth-order valence-electron chi connectivity index (χ4n) is 1.12. The van der Waals surface area contributed by atoms with Gasteiger partial charge in [0.1, 0.15) is 5.69 Å². The highest BCUT2D eigenvalue weighted by atomic mass is 35.5. The standard InChI is InChI=1S/C8H8ClN3O4/c1-10-6-4-5(11(9)8(13)14)2-3-7(6)12(15)16/h2-4,10H,1H3,(H,13,14). The van der Waals surface area contributed by atoms with Crippen molar-refractivity contribution in [2.45, 2.75) is 0 Å². The van der Waals surface area contributed by atoms with Crippen molar-refractivity contribution < 1.29 is 14.8 Å². The third-order valence-electron chi connectivity index (χ3n) is 1.84. The Hall–Kier alpha value is -2.02. The Bertz CT molecular complexity index is 437. The fourth-order valence-corrected chi connectivity index (χ4v) is 1.22. The highest BCUT2D eigenvalue weighted by Gasteiger charge is 2.17. The van der Waals surface area contributed by atoms with E-state index in [1.807, 2.05) is 0 Å². The van der Waals surface area contributed by atoms with Crippen LogP contribution in [0.1, 0.15) is 0 Å². The second-order valence-corrected chi connectivity index (χ2v) is 3.11. The number of nitro benzene ring substituents is 1. The molecule has 1 aromatic rings. The molecule has 8 heteroatoms. The van der Waals surface area contributed by atoms with Gasteiger partial charge < -0.3 is 10.4 Å². The van der Waals surface area contributed by atoms with Crippen LogP contribution in [0.2, 0.25) is 0 Å². The molecule has 0 atom stereocenters. The van der Waals surface area contributed by atoms with Crippen molar-refractivity contribution in [2.24, 2.45) is 0 Å². The van der Waals surface area contributed by atoms with Crippen molar-refractivity contribution in [3.05, 3.63) is 28.3 Å². The lowest BCUT2D eigenvalue weighted by molar-refractivity contribution is -0.383. The molecule has 0 saturated heterocycles. The van der Waals surface area contributed by atoms with Gasteiger partial charge in [0, 0.05) is 24.9 Å². The van der Waals surface area contributed by atoms with Crippen LogP contribution in [0.3, 0.4) is 0 Å². The van der Waals surface area contributed by atoms with E-state index >= 15 is 0 Å². The van der Waals surface area contributed by atoms with Gasteiger partial charge >= 0.3 is 6.09 Å². The number of nitrogens with one attached hydrogen (secondary N) is 1. The Balaban J connectivity index is 3.18. The lowest BCUT2D eigenvalue weighted by Crippen LogP contribution is -2.17. The molecule has 0 heterocycles. The number of nitrogens with zero attached hydrogens (tertiary/aromatic N) is 2. The van der Waals surface area contributed by atoms with E-state index in [-0.39, 0.29) is 17.1 Å². The SMILES string of the molecule is CNc1cc(N(Cl)C(=O)O)ccc1[N+](=O)[O-]. The molecule has 0 saturated carbocycles. The maximum Gasteiger partial charge on any atom is 0.426 e. The second-order valence-electron chi connectivity index (χ2n) is 2.77. The number of carbonyl (C=O) groups is 1. The first-order chi connectivity index (χ1) is 7.47. The van der Waals surface area contributed by atoms with Gasteiger partial charge in [-0.2, -0.15) is 4.42 Å². The molecular formula is C8H8ClN3O4. The quantitative estimate of drug-likeness (QED) is 0.484. The van der Waals surface area contributed by atoms with Crippen molar-refractivity contribution in [3.8, 4) is 0 Å². The number of hydrogen-bond donors (Lipinski definition) is 2. The summed E-state index contributed by atoms with van der Waals surface area (Å²) < 4.78 is 0.449. The monoisotopic (exact) mass is 245 g/mol. The molecule has 0 bridgehead atoms. The van der Waals surface area contributed by atoms with E-state index in [0.717, 1.165) is 0 Å². The van der Waals surface area contributed by atoms with E-state index < -0.39 is 11.0 Å². The van der Waals surface area contributed by atoms with Gasteiger partial charge in [-0.15, -0.1) is 0 Å². The largest absolute Gasteiger partial charge is 0.464 e. The van der Waals surface area contributed by atoms with Gasteiger partial charge in [-0.25, -0.2) is 4.79 Å². The van der Waals surface area contributed by atoms with Gasteiger partial charge in [-0.05, 0) is 12.1 Å². The Kier molecular flexibility index (Phi) is 3.51. The number of amides is 1. The first-order valence-corrected chi connectivity index (χ1v) is 4.46. The number of halogens is 1. The van der Waals surface area contributed by atoms with Crippen LogP contribution < -0.4 is 9.74 Å². The van der Waals surface area contributed by atoms with Gasteiger partial charge in [0.25, 0.3) is 5.69 Å². The summed E-state index contributed by atoms with van der Waals surface area (Å²) in [4.78, 5) is 20.6. The summed E-state index contributed by atoms with van der Waals surface area (Å²) in [5.74, 6) is 0. The van der Waals surface area contributed by atoms with Crippen molar-refractivity contribution in [1.29, 1.82) is 0 Å². The maximum atomic E-state index is 10.6. The topological polar surface area (TPSA) is 95.7 Å². The summed E-state index contributed by atoms with van der Waals surface area (Å²) >= 11 is 5.44. The van der Waals surface area contributed by atoms with Gasteiger partial charge in [0.2, 0.25) is 0 Å². The summed E-state index contributed by atoms with van der Waals surface area (Å²) in [6, 6.07) is 3.71. The number of nitro groups is 1. The molecule has 0 aliphatic rings. The average Bonchev–Trinajstić information content (AvgIpc) is 2.26. The van der Waals surface area contributed by atoms with Crippen LogP contribution in [0.15, 0.2) is 18.2 Å². The number of rotatable bonds is 3.